The van der Waals surface area contributed by atoms with Gasteiger partial charge in [-0.25, -0.2) is 0 Å². The fraction of sp³-hybridized carbons (Fsp3) is 0.667. The molecular formula is C12H20N2O5. The highest BCUT2D eigenvalue weighted by Gasteiger charge is 2.23. The zero-order valence-corrected chi connectivity index (χ0v) is 11.2. The van der Waals surface area contributed by atoms with Crippen molar-refractivity contribution in [2.45, 2.75) is 45.6 Å². The molecule has 0 saturated carbocycles. The van der Waals surface area contributed by atoms with Gasteiger partial charge in [0.05, 0.1) is 0 Å². The van der Waals surface area contributed by atoms with Gasteiger partial charge in [0.15, 0.2) is 0 Å². The van der Waals surface area contributed by atoms with Crippen LogP contribution in [0, 0.1) is 0 Å². The molecule has 0 spiro atoms. The summed E-state index contributed by atoms with van der Waals surface area (Å²) in [7, 11) is 0. The van der Waals surface area contributed by atoms with E-state index in [0.717, 1.165) is 6.42 Å². The van der Waals surface area contributed by atoms with Gasteiger partial charge >= 0.3 is 5.97 Å². The van der Waals surface area contributed by atoms with Gasteiger partial charge in [0.1, 0.15) is 6.04 Å². The summed E-state index contributed by atoms with van der Waals surface area (Å²) >= 11 is 0. The summed E-state index contributed by atoms with van der Waals surface area (Å²) in [5.41, 5.74) is 0. The molecule has 0 saturated heterocycles. The molecule has 3 N–H and O–H groups in total. The van der Waals surface area contributed by atoms with Gasteiger partial charge < -0.3 is 15.7 Å². The Kier molecular flexibility index (Phi) is 8.15. The van der Waals surface area contributed by atoms with Gasteiger partial charge in [-0.3, -0.25) is 19.2 Å². The smallest absolute Gasteiger partial charge is 0.303 e. The lowest BCUT2D eigenvalue weighted by Crippen LogP contribution is -2.49. The minimum Gasteiger partial charge on any atom is -0.481 e. The molecule has 0 aromatic rings. The Morgan fingerprint density at radius 1 is 1.16 bits per heavy atom. The largest absolute Gasteiger partial charge is 0.481 e. The summed E-state index contributed by atoms with van der Waals surface area (Å²) in [6.07, 6.45) is 0.450. The zero-order valence-electron chi connectivity index (χ0n) is 11.2. The number of Topliss-reactive ketones (excluding diaryl/α,β-unsaturated/α-hetero) is 1. The molecule has 0 aliphatic heterocycles. The Hall–Kier alpha value is -1.92. The molecule has 0 bridgehead atoms. The van der Waals surface area contributed by atoms with Gasteiger partial charge in [0.25, 0.3) is 5.91 Å². The van der Waals surface area contributed by atoms with Crippen LogP contribution < -0.4 is 10.6 Å². The standard InChI is InChI=1S/C12H20N2O5/c1-3-7-13-11(18)8(5-6-10(16)17)14-12(19)9(15)4-2/h8H,3-7H2,1-2H3,(H,13,18)(H,14,19)(H,16,17)/t8-/m0/s1. The van der Waals surface area contributed by atoms with Gasteiger partial charge in [-0.2, -0.15) is 0 Å². The average molecular weight is 272 g/mol. The second-order valence-electron chi connectivity index (χ2n) is 4.03. The molecule has 0 fully saturated rings. The van der Waals surface area contributed by atoms with E-state index in [9.17, 15) is 19.2 Å². The van der Waals surface area contributed by atoms with Crippen molar-refractivity contribution in [1.82, 2.24) is 10.6 Å². The lowest BCUT2D eigenvalue weighted by atomic mass is 10.1. The second-order valence-corrected chi connectivity index (χ2v) is 4.03. The molecule has 0 aromatic carbocycles. The first kappa shape index (κ1) is 17.1. The van der Waals surface area contributed by atoms with Crippen LogP contribution >= 0.6 is 0 Å². The van der Waals surface area contributed by atoms with E-state index >= 15 is 0 Å². The van der Waals surface area contributed by atoms with E-state index < -0.39 is 29.6 Å². The second kappa shape index (κ2) is 9.07. The lowest BCUT2D eigenvalue weighted by molar-refractivity contribution is -0.140. The monoisotopic (exact) mass is 272 g/mol. The van der Waals surface area contributed by atoms with E-state index in [1.54, 1.807) is 0 Å². The van der Waals surface area contributed by atoms with E-state index in [2.05, 4.69) is 10.6 Å². The van der Waals surface area contributed by atoms with Crippen molar-refractivity contribution < 1.29 is 24.3 Å². The maximum absolute atomic E-state index is 11.7. The van der Waals surface area contributed by atoms with Gasteiger partial charge in [-0.15, -0.1) is 0 Å². The van der Waals surface area contributed by atoms with Crippen LogP contribution in [0.15, 0.2) is 0 Å². The number of hydrogen-bond acceptors (Lipinski definition) is 4. The highest BCUT2D eigenvalue weighted by Crippen LogP contribution is 1.99. The van der Waals surface area contributed by atoms with Crippen LogP contribution in [0.2, 0.25) is 0 Å². The molecule has 19 heavy (non-hydrogen) atoms. The summed E-state index contributed by atoms with van der Waals surface area (Å²) in [6.45, 7) is 3.83. The first-order valence-electron chi connectivity index (χ1n) is 6.25. The SMILES string of the molecule is CCCNC(=O)[C@H](CCC(=O)O)NC(=O)C(=O)CC. The average Bonchev–Trinajstić information content (AvgIpc) is 2.38. The summed E-state index contributed by atoms with van der Waals surface area (Å²) in [4.78, 5) is 44.8. The molecule has 0 rings (SSSR count). The number of carboxylic acids is 1. The number of carboxylic acid groups (broad SMARTS) is 1. The van der Waals surface area contributed by atoms with Crippen LogP contribution in [0.5, 0.6) is 0 Å². The Morgan fingerprint density at radius 3 is 2.26 bits per heavy atom. The normalized spacial score (nSPS) is 11.5. The maximum atomic E-state index is 11.7. The van der Waals surface area contributed by atoms with Gasteiger partial charge in [0.2, 0.25) is 11.7 Å². The number of carbonyl (C=O) groups is 4. The Morgan fingerprint density at radius 2 is 1.79 bits per heavy atom. The molecule has 0 radical (unpaired) electrons. The third kappa shape index (κ3) is 7.17. The summed E-state index contributed by atoms with van der Waals surface area (Å²) < 4.78 is 0. The molecular weight excluding hydrogens is 252 g/mol. The van der Waals surface area contributed by atoms with Crippen molar-refractivity contribution in [3.63, 3.8) is 0 Å². The highest BCUT2D eigenvalue weighted by molar-refractivity contribution is 6.36. The van der Waals surface area contributed by atoms with Crippen LogP contribution in [0.25, 0.3) is 0 Å². The predicted molar refractivity (Wildman–Crippen MR) is 67.4 cm³/mol. The molecule has 0 aliphatic carbocycles. The van der Waals surface area contributed by atoms with E-state index in [1.807, 2.05) is 6.92 Å². The minimum absolute atomic E-state index is 0.0358. The zero-order chi connectivity index (χ0) is 14.8. The molecule has 0 unspecified atom stereocenters. The molecule has 108 valence electrons. The minimum atomic E-state index is -1.07. The number of ketones is 1. The van der Waals surface area contributed by atoms with Crippen LogP contribution in [-0.4, -0.2) is 41.3 Å². The van der Waals surface area contributed by atoms with E-state index in [1.165, 1.54) is 6.92 Å². The van der Waals surface area contributed by atoms with Crippen molar-refractivity contribution in [3.05, 3.63) is 0 Å². The van der Waals surface area contributed by atoms with Gasteiger partial charge in [-0.1, -0.05) is 13.8 Å². The van der Waals surface area contributed by atoms with E-state index in [0.29, 0.717) is 6.54 Å². The number of nitrogens with one attached hydrogen (secondary N) is 2. The number of amides is 2. The first-order valence-corrected chi connectivity index (χ1v) is 6.25. The van der Waals surface area contributed by atoms with Crippen LogP contribution in [0.4, 0.5) is 0 Å². The van der Waals surface area contributed by atoms with Crippen LogP contribution in [0.1, 0.15) is 39.5 Å². The number of carbonyl (C=O) groups excluding carboxylic acids is 3. The van der Waals surface area contributed by atoms with Crippen molar-refractivity contribution >= 4 is 23.6 Å². The van der Waals surface area contributed by atoms with Crippen molar-refractivity contribution in [1.29, 1.82) is 0 Å². The quantitative estimate of drug-likeness (QED) is 0.505. The van der Waals surface area contributed by atoms with E-state index in [4.69, 9.17) is 5.11 Å². The van der Waals surface area contributed by atoms with Crippen LogP contribution in [-0.2, 0) is 19.2 Å². The third-order valence-electron chi connectivity index (χ3n) is 2.39. The maximum Gasteiger partial charge on any atom is 0.303 e. The van der Waals surface area contributed by atoms with E-state index in [-0.39, 0.29) is 19.3 Å². The molecule has 0 heterocycles. The fourth-order valence-electron chi connectivity index (χ4n) is 1.31. The van der Waals surface area contributed by atoms with Crippen molar-refractivity contribution in [2.75, 3.05) is 6.54 Å². The molecule has 7 nitrogen and oxygen atoms in total. The van der Waals surface area contributed by atoms with Gasteiger partial charge in [0, 0.05) is 19.4 Å². The Labute approximate surface area is 111 Å². The summed E-state index contributed by atoms with van der Waals surface area (Å²) in [5.74, 6) is -3.03. The fourth-order valence-corrected chi connectivity index (χ4v) is 1.31. The van der Waals surface area contributed by atoms with Gasteiger partial charge in [-0.05, 0) is 12.8 Å². The predicted octanol–water partition coefficient (Wildman–Crippen LogP) is -0.159. The Bertz CT molecular complexity index is 354. The molecule has 1 atom stereocenters. The molecule has 2 amide bonds. The summed E-state index contributed by atoms with van der Waals surface area (Å²) in [6, 6.07) is -0.995. The number of aliphatic carboxylic acids is 1. The van der Waals surface area contributed by atoms with Crippen molar-refractivity contribution in [2.24, 2.45) is 0 Å². The third-order valence-corrected chi connectivity index (χ3v) is 2.39. The lowest BCUT2D eigenvalue weighted by Gasteiger charge is -2.17. The van der Waals surface area contributed by atoms with Crippen molar-refractivity contribution in [3.8, 4) is 0 Å². The first-order chi connectivity index (χ1) is 8.92. The molecule has 0 aliphatic rings. The summed E-state index contributed by atoms with van der Waals surface area (Å²) in [5, 5.41) is 13.4. The topological polar surface area (TPSA) is 113 Å². The molecule has 0 aromatic heterocycles. The number of hydrogen-bond donors (Lipinski definition) is 3. The van der Waals surface area contributed by atoms with Crippen LogP contribution in [0.3, 0.4) is 0 Å². The highest BCUT2D eigenvalue weighted by atomic mass is 16.4. The molecule has 7 heteroatoms. The Balaban J connectivity index is 4.56. The number of rotatable bonds is 9.